The second-order valence-corrected chi connectivity index (χ2v) is 5.81. The summed E-state index contributed by atoms with van der Waals surface area (Å²) in [5.41, 5.74) is 1.11. The van der Waals surface area contributed by atoms with E-state index in [1.165, 1.54) is 0 Å². The molecule has 23 heavy (non-hydrogen) atoms. The summed E-state index contributed by atoms with van der Waals surface area (Å²) in [5, 5.41) is 14.5. The van der Waals surface area contributed by atoms with E-state index in [1.54, 1.807) is 20.9 Å². The Morgan fingerprint density at radius 3 is 2.57 bits per heavy atom. The average molecular weight is 318 g/mol. The van der Waals surface area contributed by atoms with Crippen LogP contribution in [-0.4, -0.2) is 43.4 Å². The van der Waals surface area contributed by atoms with Gasteiger partial charge in [-0.1, -0.05) is 0 Å². The summed E-state index contributed by atoms with van der Waals surface area (Å²) in [6.07, 6.45) is 1.49. The van der Waals surface area contributed by atoms with Gasteiger partial charge >= 0.3 is 0 Å². The van der Waals surface area contributed by atoms with Crippen LogP contribution in [0.4, 0.5) is 5.88 Å². The molecule has 2 rings (SSSR count). The Hall–Kier alpha value is -2.33. The number of likely N-dealkylation sites (tertiary alicyclic amines) is 1. The smallest absolute Gasteiger partial charge is 0.240 e. The molecule has 1 aromatic rings. The third-order valence-electron chi connectivity index (χ3n) is 4.32. The minimum absolute atomic E-state index is 0.0277. The maximum atomic E-state index is 12.1. The van der Waals surface area contributed by atoms with Crippen molar-refractivity contribution in [2.24, 2.45) is 5.92 Å². The van der Waals surface area contributed by atoms with Crippen molar-refractivity contribution in [2.75, 3.05) is 32.0 Å². The Labute approximate surface area is 135 Å². The molecule has 0 atom stereocenters. The molecule has 124 valence electrons. The van der Waals surface area contributed by atoms with Crippen LogP contribution >= 0.6 is 0 Å². The number of carbonyl (C=O) groups excluding carboxylic acids is 2. The largest absolute Gasteiger partial charge is 0.444 e. The summed E-state index contributed by atoms with van der Waals surface area (Å²) in [6.45, 7) is 5.18. The molecule has 0 spiro atoms. The Kier molecular flexibility index (Phi) is 5.40. The van der Waals surface area contributed by atoms with Gasteiger partial charge in [-0.15, -0.1) is 0 Å². The number of furan rings is 1. The first-order valence-corrected chi connectivity index (χ1v) is 7.70. The highest BCUT2D eigenvalue weighted by Gasteiger charge is 2.25. The summed E-state index contributed by atoms with van der Waals surface area (Å²) in [4.78, 5) is 25.7. The van der Waals surface area contributed by atoms with Crippen LogP contribution < -0.4 is 10.6 Å². The first-order chi connectivity index (χ1) is 11.0. The number of piperidine rings is 1. The van der Waals surface area contributed by atoms with Crippen molar-refractivity contribution in [3.63, 3.8) is 0 Å². The fourth-order valence-corrected chi connectivity index (χ4v) is 2.78. The van der Waals surface area contributed by atoms with Gasteiger partial charge in [0.25, 0.3) is 0 Å². The van der Waals surface area contributed by atoms with Crippen LogP contribution in [-0.2, 0) is 9.59 Å². The van der Waals surface area contributed by atoms with Crippen LogP contribution in [0, 0.1) is 31.1 Å². The number of amides is 2. The van der Waals surface area contributed by atoms with Crippen molar-refractivity contribution in [1.82, 2.24) is 10.2 Å². The lowest BCUT2D eigenvalue weighted by Gasteiger charge is -2.30. The Morgan fingerprint density at radius 2 is 2.00 bits per heavy atom. The number of hydrogen-bond acceptors (Lipinski definition) is 5. The SMILES string of the molecule is CNC(=O)C1CCN(CC(=O)Nc2oc(C)c(C)c2C#N)CC1. The highest BCUT2D eigenvalue weighted by atomic mass is 16.4. The van der Waals surface area contributed by atoms with Crippen molar-refractivity contribution in [2.45, 2.75) is 26.7 Å². The molecule has 0 radical (unpaired) electrons. The molecule has 7 heteroatoms. The summed E-state index contributed by atoms with van der Waals surface area (Å²) in [7, 11) is 1.64. The fourth-order valence-electron chi connectivity index (χ4n) is 2.78. The highest BCUT2D eigenvalue weighted by Crippen LogP contribution is 2.25. The van der Waals surface area contributed by atoms with E-state index in [9.17, 15) is 9.59 Å². The monoisotopic (exact) mass is 318 g/mol. The molecular formula is C16H22N4O3. The number of nitrogens with one attached hydrogen (secondary N) is 2. The molecule has 1 aliphatic heterocycles. The van der Waals surface area contributed by atoms with E-state index >= 15 is 0 Å². The molecule has 2 N–H and O–H groups in total. The topological polar surface area (TPSA) is 98.4 Å². The number of aryl methyl sites for hydroxylation is 1. The summed E-state index contributed by atoms with van der Waals surface area (Å²) in [5.74, 6) is 0.721. The van der Waals surface area contributed by atoms with Gasteiger partial charge in [0.15, 0.2) is 0 Å². The van der Waals surface area contributed by atoms with Crippen LogP contribution in [0.15, 0.2) is 4.42 Å². The van der Waals surface area contributed by atoms with Gasteiger partial charge in [0, 0.05) is 18.5 Å². The number of hydrogen-bond donors (Lipinski definition) is 2. The van der Waals surface area contributed by atoms with Gasteiger partial charge in [-0.3, -0.25) is 19.8 Å². The molecule has 2 amide bonds. The summed E-state index contributed by atoms with van der Waals surface area (Å²) in [6, 6.07) is 2.05. The summed E-state index contributed by atoms with van der Waals surface area (Å²) >= 11 is 0. The first-order valence-electron chi connectivity index (χ1n) is 7.70. The maximum Gasteiger partial charge on any atom is 0.240 e. The van der Waals surface area contributed by atoms with Crippen molar-refractivity contribution in [3.05, 3.63) is 16.9 Å². The van der Waals surface area contributed by atoms with E-state index in [2.05, 4.69) is 16.7 Å². The Bertz CT molecular complexity index is 636. The van der Waals surface area contributed by atoms with Gasteiger partial charge < -0.3 is 9.73 Å². The minimum Gasteiger partial charge on any atom is -0.444 e. The lowest BCUT2D eigenvalue weighted by molar-refractivity contribution is -0.126. The lowest BCUT2D eigenvalue weighted by Crippen LogP contribution is -2.42. The molecule has 0 bridgehead atoms. The van der Waals surface area contributed by atoms with E-state index in [-0.39, 0.29) is 30.2 Å². The van der Waals surface area contributed by atoms with Gasteiger partial charge in [-0.2, -0.15) is 5.26 Å². The molecule has 0 aromatic carbocycles. The summed E-state index contributed by atoms with van der Waals surface area (Å²) < 4.78 is 5.43. The van der Waals surface area contributed by atoms with Gasteiger partial charge in [0.05, 0.1) is 6.54 Å². The molecule has 1 aliphatic rings. The van der Waals surface area contributed by atoms with E-state index < -0.39 is 0 Å². The van der Waals surface area contributed by atoms with E-state index in [0.717, 1.165) is 18.4 Å². The maximum absolute atomic E-state index is 12.1. The predicted molar refractivity (Wildman–Crippen MR) is 84.8 cm³/mol. The molecule has 0 saturated carbocycles. The van der Waals surface area contributed by atoms with Crippen LogP contribution in [0.5, 0.6) is 0 Å². The zero-order valence-corrected chi connectivity index (χ0v) is 13.7. The average Bonchev–Trinajstić information content (AvgIpc) is 2.80. The quantitative estimate of drug-likeness (QED) is 0.868. The Morgan fingerprint density at radius 1 is 1.35 bits per heavy atom. The normalized spacial score (nSPS) is 15.9. The van der Waals surface area contributed by atoms with Crippen LogP contribution in [0.1, 0.15) is 29.7 Å². The van der Waals surface area contributed by atoms with Crippen LogP contribution in [0.25, 0.3) is 0 Å². The number of nitrogens with zero attached hydrogens (tertiary/aromatic N) is 2. The van der Waals surface area contributed by atoms with Gasteiger partial charge in [-0.25, -0.2) is 0 Å². The number of rotatable bonds is 4. The van der Waals surface area contributed by atoms with Gasteiger partial charge in [-0.05, 0) is 39.8 Å². The number of anilines is 1. The third-order valence-corrected chi connectivity index (χ3v) is 4.32. The van der Waals surface area contributed by atoms with Crippen molar-refractivity contribution in [1.29, 1.82) is 5.26 Å². The predicted octanol–water partition coefficient (Wildman–Crippen LogP) is 1.16. The van der Waals surface area contributed by atoms with Crippen LogP contribution in [0.2, 0.25) is 0 Å². The zero-order valence-electron chi connectivity index (χ0n) is 13.7. The van der Waals surface area contributed by atoms with E-state index in [0.29, 0.717) is 24.4 Å². The molecule has 1 saturated heterocycles. The van der Waals surface area contributed by atoms with E-state index in [1.807, 2.05) is 4.90 Å². The molecule has 1 aromatic heterocycles. The van der Waals surface area contributed by atoms with E-state index in [4.69, 9.17) is 9.68 Å². The molecule has 7 nitrogen and oxygen atoms in total. The van der Waals surface area contributed by atoms with Crippen molar-refractivity contribution >= 4 is 17.7 Å². The Balaban J connectivity index is 1.88. The standard InChI is InChI=1S/C16H22N4O3/c1-10-11(2)23-16(13(10)8-17)19-14(21)9-20-6-4-12(5-7-20)15(22)18-3/h12H,4-7,9H2,1-3H3,(H,18,22)(H,19,21). The second-order valence-electron chi connectivity index (χ2n) is 5.81. The second kappa shape index (κ2) is 7.29. The number of nitriles is 1. The minimum atomic E-state index is -0.214. The first kappa shape index (κ1) is 17.0. The fraction of sp³-hybridized carbons (Fsp3) is 0.562. The van der Waals surface area contributed by atoms with Crippen LogP contribution in [0.3, 0.4) is 0 Å². The lowest BCUT2D eigenvalue weighted by atomic mass is 9.96. The molecular weight excluding hydrogens is 296 g/mol. The van der Waals surface area contributed by atoms with Gasteiger partial charge in [0.2, 0.25) is 17.7 Å². The molecule has 0 aliphatic carbocycles. The number of carbonyl (C=O) groups is 2. The van der Waals surface area contributed by atoms with Crippen molar-refractivity contribution in [3.8, 4) is 6.07 Å². The van der Waals surface area contributed by atoms with Gasteiger partial charge in [0.1, 0.15) is 17.4 Å². The molecule has 1 fully saturated rings. The molecule has 2 heterocycles. The third kappa shape index (κ3) is 3.90. The molecule has 0 unspecified atom stereocenters. The zero-order chi connectivity index (χ0) is 17.0. The highest BCUT2D eigenvalue weighted by molar-refractivity contribution is 5.92. The van der Waals surface area contributed by atoms with Crippen molar-refractivity contribution < 1.29 is 14.0 Å².